The molecule has 0 aromatic heterocycles. The summed E-state index contributed by atoms with van der Waals surface area (Å²) in [7, 11) is 0. The van der Waals surface area contributed by atoms with E-state index in [1.165, 1.54) is 6.42 Å². The van der Waals surface area contributed by atoms with Crippen LogP contribution in [0.5, 0.6) is 5.75 Å². The van der Waals surface area contributed by atoms with Crippen molar-refractivity contribution in [3.8, 4) is 16.9 Å². The molecule has 0 aliphatic carbocycles. The zero-order chi connectivity index (χ0) is 24.7. The standard InChI is InChI=1S/C26H34O8/c1-2-3-4-5-7-16-10-11-20(33-26-25(32)24(31)23(30)21(15-27)34-26)19(13-16)18-9-6-8-17(12-18)14-22(28)29/h6,8-13,21,23-27,30-32H,2-5,7,14-15H2,1H3,(H,28,29)/t21-,23-,24+,25+,26+/m1/s1. The quantitative estimate of drug-likeness (QED) is 0.313. The number of hydrogen-bond donors (Lipinski definition) is 5. The van der Waals surface area contributed by atoms with Crippen LogP contribution in [0.4, 0.5) is 0 Å². The molecule has 1 aliphatic heterocycles. The highest BCUT2D eigenvalue weighted by atomic mass is 16.7. The zero-order valence-corrected chi connectivity index (χ0v) is 19.3. The summed E-state index contributed by atoms with van der Waals surface area (Å²) in [6, 6.07) is 12.8. The fourth-order valence-corrected chi connectivity index (χ4v) is 4.13. The summed E-state index contributed by atoms with van der Waals surface area (Å²) in [4.78, 5) is 11.2. The molecule has 3 rings (SSSR count). The van der Waals surface area contributed by atoms with E-state index >= 15 is 0 Å². The van der Waals surface area contributed by atoms with Crippen LogP contribution in [0.25, 0.3) is 11.1 Å². The summed E-state index contributed by atoms with van der Waals surface area (Å²) in [5, 5.41) is 49.2. The number of aliphatic hydroxyl groups excluding tert-OH is 4. The topological polar surface area (TPSA) is 137 Å². The predicted octanol–water partition coefficient (Wildman–Crippen LogP) is 2.28. The Hall–Kier alpha value is -2.49. The minimum atomic E-state index is -1.55. The third-order valence-corrected chi connectivity index (χ3v) is 6.05. The summed E-state index contributed by atoms with van der Waals surface area (Å²) < 4.78 is 11.5. The summed E-state index contributed by atoms with van der Waals surface area (Å²) in [6.45, 7) is 1.61. The van der Waals surface area contributed by atoms with E-state index in [0.717, 1.165) is 36.8 Å². The van der Waals surface area contributed by atoms with E-state index in [1.54, 1.807) is 24.3 Å². The first kappa shape index (κ1) is 26.1. The van der Waals surface area contributed by atoms with Gasteiger partial charge in [-0.3, -0.25) is 4.79 Å². The lowest BCUT2D eigenvalue weighted by atomic mass is 9.96. The van der Waals surface area contributed by atoms with Gasteiger partial charge < -0.3 is 35.0 Å². The first-order chi connectivity index (χ1) is 16.3. The van der Waals surface area contributed by atoms with Crippen LogP contribution in [-0.2, 0) is 22.4 Å². The molecular formula is C26H34O8. The van der Waals surface area contributed by atoms with Gasteiger partial charge in [-0.2, -0.15) is 0 Å². The van der Waals surface area contributed by atoms with Gasteiger partial charge in [-0.15, -0.1) is 0 Å². The Bertz CT molecular complexity index is 944. The number of ether oxygens (including phenoxy) is 2. The third kappa shape index (κ3) is 6.55. The second-order valence-corrected chi connectivity index (χ2v) is 8.73. The zero-order valence-electron chi connectivity index (χ0n) is 19.3. The lowest BCUT2D eigenvalue weighted by molar-refractivity contribution is -0.277. The molecule has 1 aliphatic rings. The highest BCUT2D eigenvalue weighted by Gasteiger charge is 2.44. The summed E-state index contributed by atoms with van der Waals surface area (Å²) in [5.41, 5.74) is 3.17. The van der Waals surface area contributed by atoms with Crippen LogP contribution < -0.4 is 4.74 Å². The summed E-state index contributed by atoms with van der Waals surface area (Å²) in [5.74, 6) is -0.561. The van der Waals surface area contributed by atoms with Crippen molar-refractivity contribution in [1.29, 1.82) is 0 Å². The van der Waals surface area contributed by atoms with Crippen molar-refractivity contribution in [3.05, 3.63) is 53.6 Å². The first-order valence-corrected chi connectivity index (χ1v) is 11.7. The lowest BCUT2D eigenvalue weighted by Crippen LogP contribution is -2.60. The second-order valence-electron chi connectivity index (χ2n) is 8.73. The summed E-state index contributed by atoms with van der Waals surface area (Å²) in [6.07, 6.45) is -1.70. The molecule has 0 bridgehead atoms. The molecule has 0 amide bonds. The number of benzene rings is 2. The maximum Gasteiger partial charge on any atom is 0.307 e. The highest BCUT2D eigenvalue weighted by Crippen LogP contribution is 2.35. The number of unbranched alkanes of at least 4 members (excludes halogenated alkanes) is 3. The molecule has 1 saturated heterocycles. The normalized spacial score (nSPS) is 24.7. The molecule has 2 aromatic carbocycles. The van der Waals surface area contributed by atoms with Crippen molar-refractivity contribution in [2.24, 2.45) is 0 Å². The van der Waals surface area contributed by atoms with Crippen molar-refractivity contribution < 1.29 is 39.8 Å². The SMILES string of the molecule is CCCCCCc1ccc(O[C@H]2O[C@H](CO)[C@@H](O)[C@H](O)[C@@H]2O)c(-c2cccc(CC(=O)O)c2)c1. The van der Waals surface area contributed by atoms with Crippen molar-refractivity contribution >= 4 is 5.97 Å². The molecule has 0 saturated carbocycles. The Morgan fingerprint density at radius 3 is 2.47 bits per heavy atom. The lowest BCUT2D eigenvalue weighted by Gasteiger charge is -2.39. The van der Waals surface area contributed by atoms with Crippen LogP contribution in [0.15, 0.2) is 42.5 Å². The Labute approximate surface area is 199 Å². The smallest absolute Gasteiger partial charge is 0.307 e. The number of aryl methyl sites for hydroxylation is 1. The maximum atomic E-state index is 11.2. The minimum Gasteiger partial charge on any atom is -0.481 e. The van der Waals surface area contributed by atoms with E-state index in [4.69, 9.17) is 9.47 Å². The van der Waals surface area contributed by atoms with Crippen LogP contribution in [0.3, 0.4) is 0 Å². The maximum absolute atomic E-state index is 11.2. The molecule has 5 atom stereocenters. The average Bonchev–Trinajstić information content (AvgIpc) is 2.82. The van der Waals surface area contributed by atoms with E-state index in [2.05, 4.69) is 6.92 Å². The predicted molar refractivity (Wildman–Crippen MR) is 125 cm³/mol. The van der Waals surface area contributed by atoms with E-state index in [9.17, 15) is 30.3 Å². The van der Waals surface area contributed by atoms with E-state index < -0.39 is 43.3 Å². The number of carboxylic acids is 1. The number of hydrogen-bond acceptors (Lipinski definition) is 7. The van der Waals surface area contributed by atoms with Gasteiger partial charge in [0.25, 0.3) is 0 Å². The van der Waals surface area contributed by atoms with Crippen molar-refractivity contribution in [3.63, 3.8) is 0 Å². The monoisotopic (exact) mass is 474 g/mol. The molecule has 0 spiro atoms. The van der Waals surface area contributed by atoms with E-state index in [-0.39, 0.29) is 6.42 Å². The Morgan fingerprint density at radius 2 is 1.76 bits per heavy atom. The van der Waals surface area contributed by atoms with Crippen LogP contribution in [0.1, 0.15) is 43.7 Å². The first-order valence-electron chi connectivity index (χ1n) is 11.7. The van der Waals surface area contributed by atoms with Crippen molar-refractivity contribution in [2.45, 2.75) is 76.2 Å². The number of carbonyl (C=O) groups is 1. The third-order valence-electron chi connectivity index (χ3n) is 6.05. The molecular weight excluding hydrogens is 440 g/mol. The molecule has 1 heterocycles. The molecule has 186 valence electrons. The number of aliphatic carboxylic acids is 1. The van der Waals surface area contributed by atoms with Crippen LogP contribution in [0.2, 0.25) is 0 Å². The molecule has 0 radical (unpaired) electrons. The van der Waals surface area contributed by atoms with Gasteiger partial charge in [-0.25, -0.2) is 0 Å². The highest BCUT2D eigenvalue weighted by molar-refractivity contribution is 5.74. The van der Waals surface area contributed by atoms with Crippen LogP contribution >= 0.6 is 0 Å². The Morgan fingerprint density at radius 1 is 0.971 bits per heavy atom. The summed E-state index contributed by atoms with van der Waals surface area (Å²) >= 11 is 0. The molecule has 34 heavy (non-hydrogen) atoms. The number of rotatable bonds is 11. The van der Waals surface area contributed by atoms with Gasteiger partial charge in [0, 0.05) is 5.56 Å². The largest absolute Gasteiger partial charge is 0.481 e. The van der Waals surface area contributed by atoms with Gasteiger partial charge in [-0.05, 0) is 41.7 Å². The molecule has 5 N–H and O–H groups in total. The van der Waals surface area contributed by atoms with E-state index in [0.29, 0.717) is 16.9 Å². The minimum absolute atomic E-state index is 0.118. The number of aliphatic hydroxyl groups is 4. The Kier molecular flexibility index (Phi) is 9.44. The van der Waals surface area contributed by atoms with Gasteiger partial charge in [0.1, 0.15) is 30.2 Å². The van der Waals surface area contributed by atoms with Gasteiger partial charge in [-0.1, -0.05) is 56.5 Å². The number of carboxylic acid groups (broad SMARTS) is 1. The molecule has 8 nitrogen and oxygen atoms in total. The average molecular weight is 475 g/mol. The van der Waals surface area contributed by atoms with Gasteiger partial charge in [0.15, 0.2) is 0 Å². The molecule has 2 aromatic rings. The van der Waals surface area contributed by atoms with E-state index in [1.807, 2.05) is 18.2 Å². The van der Waals surface area contributed by atoms with Crippen molar-refractivity contribution in [1.82, 2.24) is 0 Å². The Balaban J connectivity index is 1.92. The molecule has 8 heteroatoms. The van der Waals surface area contributed by atoms with Crippen LogP contribution in [-0.4, -0.2) is 68.8 Å². The van der Waals surface area contributed by atoms with Gasteiger partial charge in [0.2, 0.25) is 6.29 Å². The fourth-order valence-electron chi connectivity index (χ4n) is 4.13. The van der Waals surface area contributed by atoms with Crippen LogP contribution in [0, 0.1) is 0 Å². The van der Waals surface area contributed by atoms with Gasteiger partial charge >= 0.3 is 5.97 Å². The fraction of sp³-hybridized carbons (Fsp3) is 0.500. The molecule has 1 fully saturated rings. The second kappa shape index (κ2) is 12.3. The van der Waals surface area contributed by atoms with Crippen molar-refractivity contribution in [2.75, 3.05) is 6.61 Å². The van der Waals surface area contributed by atoms with Gasteiger partial charge in [0.05, 0.1) is 13.0 Å². The molecule has 0 unspecified atom stereocenters.